The predicted octanol–water partition coefficient (Wildman–Crippen LogP) is 0.926. The molecular weight excluding hydrogens is 322 g/mol. The molecule has 9 heteroatoms. The third-order valence-corrected chi connectivity index (χ3v) is 3.58. The molecule has 2 aromatic rings. The number of aromatic hydroxyl groups is 1. The van der Waals surface area contributed by atoms with Crippen LogP contribution in [-0.4, -0.2) is 66.7 Å². The van der Waals surface area contributed by atoms with Crippen molar-refractivity contribution in [3.63, 3.8) is 0 Å². The first kappa shape index (κ1) is 16.9. The Labute approximate surface area is 146 Å². The highest BCUT2D eigenvalue weighted by atomic mass is 16.5. The molecule has 0 amide bonds. The molecule has 1 aliphatic rings. The summed E-state index contributed by atoms with van der Waals surface area (Å²) in [6.45, 7) is 2.80. The van der Waals surface area contributed by atoms with E-state index >= 15 is 0 Å². The second-order valence-corrected chi connectivity index (χ2v) is 5.71. The van der Waals surface area contributed by atoms with Crippen LogP contribution in [0.4, 0.5) is 17.8 Å². The molecule has 1 aliphatic heterocycles. The zero-order chi connectivity index (χ0) is 17.6. The maximum Gasteiger partial charge on any atom is 0.250 e. The second kappa shape index (κ2) is 7.75. The molecule has 2 heterocycles. The van der Waals surface area contributed by atoms with Gasteiger partial charge < -0.3 is 19.6 Å². The fraction of sp³-hybridized carbons (Fsp3) is 0.375. The molecule has 2 N–H and O–H groups in total. The Kier molecular flexibility index (Phi) is 5.24. The number of nitrogens with one attached hydrogen (secondary N) is 1. The summed E-state index contributed by atoms with van der Waals surface area (Å²) in [6.07, 6.45) is 1.63. The average Bonchev–Trinajstić information content (AvgIpc) is 2.64. The number of benzene rings is 1. The van der Waals surface area contributed by atoms with Gasteiger partial charge in [0.05, 0.1) is 19.4 Å². The standard InChI is InChI=1S/C16H21N7O2/c1-22(2)15-18-14(19-16(20-15)23-7-9-25-10-8-23)21-17-11-12-3-5-13(24)6-4-12/h3-6,11,24H,7-10H2,1-2H3,(H,18,19,20,21). The number of morpholine rings is 1. The van der Waals surface area contributed by atoms with E-state index < -0.39 is 0 Å². The van der Waals surface area contributed by atoms with Crippen LogP contribution in [0, 0.1) is 0 Å². The normalized spacial score (nSPS) is 14.7. The first-order chi connectivity index (χ1) is 12.1. The molecule has 0 spiro atoms. The van der Waals surface area contributed by atoms with Gasteiger partial charge in [-0.05, 0) is 29.8 Å². The number of hydrazone groups is 1. The van der Waals surface area contributed by atoms with E-state index in [1.54, 1.807) is 30.5 Å². The zero-order valence-corrected chi connectivity index (χ0v) is 14.3. The van der Waals surface area contributed by atoms with Crippen LogP contribution < -0.4 is 15.2 Å². The summed E-state index contributed by atoms with van der Waals surface area (Å²) in [4.78, 5) is 17.2. The molecule has 0 atom stereocenters. The molecule has 3 rings (SSSR count). The topological polar surface area (TPSA) is 99.0 Å². The van der Waals surface area contributed by atoms with E-state index in [1.165, 1.54) is 0 Å². The number of rotatable bonds is 5. The van der Waals surface area contributed by atoms with Crippen molar-refractivity contribution in [3.05, 3.63) is 29.8 Å². The van der Waals surface area contributed by atoms with E-state index in [1.807, 2.05) is 19.0 Å². The number of ether oxygens (including phenoxy) is 1. The quantitative estimate of drug-likeness (QED) is 0.611. The third kappa shape index (κ3) is 4.54. The van der Waals surface area contributed by atoms with Crippen molar-refractivity contribution in [1.82, 2.24) is 15.0 Å². The van der Waals surface area contributed by atoms with Crippen LogP contribution in [0.3, 0.4) is 0 Å². The highest BCUT2D eigenvalue weighted by Crippen LogP contribution is 2.16. The van der Waals surface area contributed by atoms with Gasteiger partial charge in [-0.1, -0.05) is 0 Å². The molecule has 1 fully saturated rings. The Balaban J connectivity index is 1.77. The second-order valence-electron chi connectivity index (χ2n) is 5.71. The van der Waals surface area contributed by atoms with Crippen molar-refractivity contribution in [2.24, 2.45) is 5.10 Å². The van der Waals surface area contributed by atoms with Gasteiger partial charge in [-0.3, -0.25) is 0 Å². The molecule has 0 radical (unpaired) electrons. The number of anilines is 3. The summed E-state index contributed by atoms with van der Waals surface area (Å²) < 4.78 is 5.37. The summed E-state index contributed by atoms with van der Waals surface area (Å²) in [6, 6.07) is 6.73. The molecule has 0 saturated carbocycles. The van der Waals surface area contributed by atoms with Crippen molar-refractivity contribution in [1.29, 1.82) is 0 Å². The number of hydrogen-bond donors (Lipinski definition) is 2. The summed E-state index contributed by atoms with van der Waals surface area (Å²) in [5.74, 6) is 1.74. The van der Waals surface area contributed by atoms with Crippen LogP contribution in [0.25, 0.3) is 0 Å². The summed E-state index contributed by atoms with van der Waals surface area (Å²) >= 11 is 0. The fourth-order valence-electron chi connectivity index (χ4n) is 2.23. The summed E-state index contributed by atoms with van der Waals surface area (Å²) in [7, 11) is 3.75. The lowest BCUT2D eigenvalue weighted by molar-refractivity contribution is 0.122. The minimum Gasteiger partial charge on any atom is -0.508 e. The molecule has 25 heavy (non-hydrogen) atoms. The maximum absolute atomic E-state index is 9.29. The van der Waals surface area contributed by atoms with Gasteiger partial charge >= 0.3 is 0 Å². The third-order valence-electron chi connectivity index (χ3n) is 3.58. The number of nitrogens with zero attached hydrogens (tertiary/aromatic N) is 6. The first-order valence-corrected chi connectivity index (χ1v) is 7.96. The van der Waals surface area contributed by atoms with Crippen LogP contribution in [0.15, 0.2) is 29.4 Å². The molecule has 132 valence electrons. The molecule has 1 saturated heterocycles. The fourth-order valence-corrected chi connectivity index (χ4v) is 2.23. The Morgan fingerprint density at radius 2 is 1.88 bits per heavy atom. The lowest BCUT2D eigenvalue weighted by atomic mass is 10.2. The molecule has 0 unspecified atom stereocenters. The van der Waals surface area contributed by atoms with Gasteiger partial charge in [0.25, 0.3) is 0 Å². The molecule has 9 nitrogen and oxygen atoms in total. The smallest absolute Gasteiger partial charge is 0.250 e. The predicted molar refractivity (Wildman–Crippen MR) is 96.5 cm³/mol. The minimum atomic E-state index is 0.216. The van der Waals surface area contributed by atoms with Crippen LogP contribution in [-0.2, 0) is 4.74 Å². The summed E-state index contributed by atoms with van der Waals surface area (Å²) in [5, 5.41) is 13.4. The molecular formula is C16H21N7O2. The Hall–Kier alpha value is -2.94. The Morgan fingerprint density at radius 1 is 1.16 bits per heavy atom. The van der Waals surface area contributed by atoms with Crippen LogP contribution >= 0.6 is 0 Å². The Bertz CT molecular complexity index is 728. The lowest BCUT2D eigenvalue weighted by Crippen LogP contribution is -2.37. The van der Waals surface area contributed by atoms with E-state index in [2.05, 4.69) is 30.4 Å². The SMILES string of the molecule is CN(C)c1nc(NN=Cc2ccc(O)cc2)nc(N2CCOCC2)n1. The first-order valence-electron chi connectivity index (χ1n) is 7.96. The van der Waals surface area contributed by atoms with E-state index in [9.17, 15) is 5.11 Å². The van der Waals surface area contributed by atoms with Gasteiger partial charge in [0.1, 0.15) is 5.75 Å². The van der Waals surface area contributed by atoms with Gasteiger partial charge in [-0.2, -0.15) is 20.1 Å². The zero-order valence-electron chi connectivity index (χ0n) is 14.3. The average molecular weight is 343 g/mol. The van der Waals surface area contributed by atoms with Crippen LogP contribution in [0.2, 0.25) is 0 Å². The van der Waals surface area contributed by atoms with Crippen molar-refractivity contribution >= 4 is 24.1 Å². The highest BCUT2D eigenvalue weighted by molar-refractivity contribution is 5.80. The van der Waals surface area contributed by atoms with E-state index in [-0.39, 0.29) is 5.75 Å². The maximum atomic E-state index is 9.29. The minimum absolute atomic E-state index is 0.216. The van der Waals surface area contributed by atoms with Crippen molar-refractivity contribution in [3.8, 4) is 5.75 Å². The van der Waals surface area contributed by atoms with Gasteiger partial charge in [-0.15, -0.1) is 0 Å². The van der Waals surface area contributed by atoms with Crippen molar-refractivity contribution in [2.45, 2.75) is 0 Å². The summed E-state index contributed by atoms with van der Waals surface area (Å²) in [5.41, 5.74) is 3.69. The van der Waals surface area contributed by atoms with Crippen molar-refractivity contribution < 1.29 is 9.84 Å². The molecule has 1 aromatic carbocycles. The number of aromatic nitrogens is 3. The number of phenols is 1. The number of hydrogen-bond acceptors (Lipinski definition) is 9. The van der Waals surface area contributed by atoms with Crippen molar-refractivity contribution in [2.75, 3.05) is 55.6 Å². The lowest BCUT2D eigenvalue weighted by Gasteiger charge is -2.27. The molecule has 0 aliphatic carbocycles. The monoisotopic (exact) mass is 343 g/mol. The van der Waals surface area contributed by atoms with Gasteiger partial charge in [0.15, 0.2) is 0 Å². The van der Waals surface area contributed by atoms with Gasteiger partial charge in [0.2, 0.25) is 17.8 Å². The van der Waals surface area contributed by atoms with E-state index in [0.717, 1.165) is 18.7 Å². The highest BCUT2D eigenvalue weighted by Gasteiger charge is 2.17. The van der Waals surface area contributed by atoms with Crippen LogP contribution in [0.5, 0.6) is 5.75 Å². The Morgan fingerprint density at radius 3 is 2.56 bits per heavy atom. The van der Waals surface area contributed by atoms with E-state index in [4.69, 9.17) is 4.74 Å². The van der Waals surface area contributed by atoms with E-state index in [0.29, 0.717) is 31.1 Å². The van der Waals surface area contributed by atoms with Crippen LogP contribution in [0.1, 0.15) is 5.56 Å². The largest absolute Gasteiger partial charge is 0.508 e. The molecule has 1 aromatic heterocycles. The molecule has 0 bridgehead atoms. The number of phenolic OH excluding ortho intramolecular Hbond substituents is 1. The van der Waals surface area contributed by atoms with Gasteiger partial charge in [-0.25, -0.2) is 5.43 Å². The van der Waals surface area contributed by atoms with Gasteiger partial charge in [0, 0.05) is 27.2 Å².